The van der Waals surface area contributed by atoms with Gasteiger partial charge in [0.1, 0.15) is 23.2 Å². The quantitative estimate of drug-likeness (QED) is 0.841. The normalized spacial score (nSPS) is 11.8. The lowest BCUT2D eigenvalue weighted by molar-refractivity contribution is 0.524. The Labute approximate surface area is 106 Å². The molecule has 0 saturated carbocycles. The van der Waals surface area contributed by atoms with Crippen LogP contribution in [0.3, 0.4) is 0 Å². The molecular weight excluding hydrogens is 229 g/mol. The van der Waals surface area contributed by atoms with Crippen molar-refractivity contribution >= 4 is 5.82 Å². The monoisotopic (exact) mass is 247 g/mol. The molecule has 0 radical (unpaired) electrons. The van der Waals surface area contributed by atoms with Gasteiger partial charge in [0.15, 0.2) is 0 Å². The minimum absolute atomic E-state index is 0.0822. The van der Waals surface area contributed by atoms with Gasteiger partial charge in [-0.05, 0) is 24.3 Å². The van der Waals surface area contributed by atoms with E-state index in [4.69, 9.17) is 5.73 Å². The third kappa shape index (κ3) is 2.10. The van der Waals surface area contributed by atoms with Crippen LogP contribution in [0, 0.1) is 5.82 Å². The highest BCUT2D eigenvalue weighted by Gasteiger charge is 2.23. The van der Waals surface area contributed by atoms with Gasteiger partial charge in [-0.15, -0.1) is 0 Å². The number of aromatic nitrogens is 2. The molecule has 1 aromatic heterocycles. The molecule has 0 aliphatic carbocycles. The molecule has 0 unspecified atom stereocenters. The van der Waals surface area contributed by atoms with E-state index in [0.29, 0.717) is 11.5 Å². The van der Waals surface area contributed by atoms with Crippen molar-refractivity contribution in [1.82, 2.24) is 9.55 Å². The zero-order valence-electron chi connectivity index (χ0n) is 11.2. The van der Waals surface area contributed by atoms with E-state index < -0.39 is 0 Å². The van der Waals surface area contributed by atoms with Gasteiger partial charge in [0.05, 0.1) is 0 Å². The SMILES string of the molecule is Cn1c(C(C)(C)C)nc(-c2ccc(F)cc2)c1N. The van der Waals surface area contributed by atoms with Gasteiger partial charge in [0.2, 0.25) is 0 Å². The summed E-state index contributed by atoms with van der Waals surface area (Å²) in [6.07, 6.45) is 0. The Kier molecular flexibility index (Phi) is 2.89. The van der Waals surface area contributed by atoms with Crippen LogP contribution in [0.4, 0.5) is 10.2 Å². The summed E-state index contributed by atoms with van der Waals surface area (Å²) in [5.74, 6) is 1.26. The second-order valence-corrected chi connectivity index (χ2v) is 5.49. The molecule has 18 heavy (non-hydrogen) atoms. The maximum absolute atomic E-state index is 12.9. The molecule has 2 N–H and O–H groups in total. The molecule has 3 nitrogen and oxygen atoms in total. The lowest BCUT2D eigenvalue weighted by Gasteiger charge is -2.17. The zero-order chi connectivity index (χ0) is 13.5. The molecule has 0 amide bonds. The number of hydrogen-bond acceptors (Lipinski definition) is 2. The van der Waals surface area contributed by atoms with Gasteiger partial charge >= 0.3 is 0 Å². The summed E-state index contributed by atoms with van der Waals surface area (Å²) in [5, 5.41) is 0. The van der Waals surface area contributed by atoms with E-state index in [1.54, 1.807) is 12.1 Å². The summed E-state index contributed by atoms with van der Waals surface area (Å²) in [7, 11) is 1.90. The minimum Gasteiger partial charge on any atom is -0.383 e. The van der Waals surface area contributed by atoms with Gasteiger partial charge in [-0.2, -0.15) is 0 Å². The number of anilines is 1. The lowest BCUT2D eigenvalue weighted by Crippen LogP contribution is -2.17. The van der Waals surface area contributed by atoms with Crippen molar-refractivity contribution < 1.29 is 4.39 Å². The topological polar surface area (TPSA) is 43.8 Å². The van der Waals surface area contributed by atoms with Crippen LogP contribution in [-0.4, -0.2) is 9.55 Å². The van der Waals surface area contributed by atoms with Crippen LogP contribution in [0.25, 0.3) is 11.3 Å². The fourth-order valence-electron chi connectivity index (χ4n) is 2.00. The van der Waals surface area contributed by atoms with Crippen LogP contribution in [0.5, 0.6) is 0 Å². The van der Waals surface area contributed by atoms with Crippen LogP contribution in [-0.2, 0) is 12.5 Å². The van der Waals surface area contributed by atoms with Crippen LogP contribution in [0.2, 0.25) is 0 Å². The molecule has 4 heteroatoms. The van der Waals surface area contributed by atoms with Gasteiger partial charge in [-0.1, -0.05) is 20.8 Å². The molecule has 0 spiro atoms. The second kappa shape index (κ2) is 4.12. The molecule has 96 valence electrons. The number of rotatable bonds is 1. The van der Waals surface area contributed by atoms with E-state index in [2.05, 4.69) is 25.8 Å². The van der Waals surface area contributed by atoms with Crippen molar-refractivity contribution in [2.75, 3.05) is 5.73 Å². The molecule has 2 aromatic rings. The molecule has 0 bridgehead atoms. The summed E-state index contributed by atoms with van der Waals surface area (Å²) >= 11 is 0. The van der Waals surface area contributed by atoms with Gasteiger partial charge in [-0.25, -0.2) is 9.37 Å². The molecule has 0 aliphatic rings. The average molecular weight is 247 g/mol. The number of nitrogen functional groups attached to an aromatic ring is 1. The average Bonchev–Trinajstić information content (AvgIpc) is 2.57. The number of nitrogens with zero attached hydrogens (tertiary/aromatic N) is 2. The van der Waals surface area contributed by atoms with Crippen molar-refractivity contribution in [2.45, 2.75) is 26.2 Å². The van der Waals surface area contributed by atoms with E-state index in [-0.39, 0.29) is 11.2 Å². The second-order valence-electron chi connectivity index (χ2n) is 5.49. The van der Waals surface area contributed by atoms with E-state index in [9.17, 15) is 4.39 Å². The van der Waals surface area contributed by atoms with Crippen LogP contribution >= 0.6 is 0 Å². The molecule has 0 saturated heterocycles. The highest BCUT2D eigenvalue weighted by atomic mass is 19.1. The van der Waals surface area contributed by atoms with E-state index in [1.165, 1.54) is 12.1 Å². The number of imidazole rings is 1. The number of nitrogens with two attached hydrogens (primary N) is 1. The Balaban J connectivity index is 2.56. The minimum atomic E-state index is -0.260. The zero-order valence-corrected chi connectivity index (χ0v) is 11.2. The number of hydrogen-bond donors (Lipinski definition) is 1. The van der Waals surface area contributed by atoms with E-state index in [0.717, 1.165) is 11.4 Å². The molecule has 1 aromatic carbocycles. The number of halogens is 1. The fourth-order valence-corrected chi connectivity index (χ4v) is 2.00. The largest absolute Gasteiger partial charge is 0.383 e. The molecule has 0 fully saturated rings. The summed E-state index contributed by atoms with van der Waals surface area (Å²) in [5.41, 5.74) is 7.54. The summed E-state index contributed by atoms with van der Waals surface area (Å²) < 4.78 is 14.8. The van der Waals surface area contributed by atoms with E-state index >= 15 is 0 Å². The van der Waals surface area contributed by atoms with Gasteiger partial charge < -0.3 is 10.3 Å². The smallest absolute Gasteiger partial charge is 0.131 e. The maximum atomic E-state index is 12.9. The van der Waals surface area contributed by atoms with Gasteiger partial charge in [0, 0.05) is 18.0 Å². The van der Waals surface area contributed by atoms with E-state index in [1.807, 2.05) is 11.6 Å². The van der Waals surface area contributed by atoms with Crippen LogP contribution in [0.1, 0.15) is 26.6 Å². The Hall–Kier alpha value is -1.84. The number of benzene rings is 1. The highest BCUT2D eigenvalue weighted by molar-refractivity contribution is 5.71. The Morgan fingerprint density at radius 2 is 1.72 bits per heavy atom. The third-order valence-electron chi connectivity index (χ3n) is 2.93. The van der Waals surface area contributed by atoms with Crippen molar-refractivity contribution in [3.63, 3.8) is 0 Å². The first-order chi connectivity index (χ1) is 8.30. The fraction of sp³-hybridized carbons (Fsp3) is 0.357. The maximum Gasteiger partial charge on any atom is 0.131 e. The predicted octanol–water partition coefficient (Wildman–Crippen LogP) is 3.11. The lowest BCUT2D eigenvalue weighted by atomic mass is 9.96. The van der Waals surface area contributed by atoms with Crippen molar-refractivity contribution in [1.29, 1.82) is 0 Å². The first-order valence-electron chi connectivity index (χ1n) is 5.89. The van der Waals surface area contributed by atoms with Crippen molar-refractivity contribution in [3.05, 3.63) is 35.9 Å². The first kappa shape index (κ1) is 12.6. The molecule has 0 atom stereocenters. The molecule has 1 heterocycles. The molecular formula is C14H18FN3. The summed E-state index contributed by atoms with van der Waals surface area (Å²) in [6, 6.07) is 6.22. The van der Waals surface area contributed by atoms with Crippen LogP contribution < -0.4 is 5.73 Å². The third-order valence-corrected chi connectivity index (χ3v) is 2.93. The van der Waals surface area contributed by atoms with Crippen molar-refractivity contribution in [2.24, 2.45) is 7.05 Å². The van der Waals surface area contributed by atoms with Crippen LogP contribution in [0.15, 0.2) is 24.3 Å². The highest BCUT2D eigenvalue weighted by Crippen LogP contribution is 2.30. The van der Waals surface area contributed by atoms with Gasteiger partial charge in [0.25, 0.3) is 0 Å². The Bertz CT molecular complexity index is 562. The van der Waals surface area contributed by atoms with Gasteiger partial charge in [-0.3, -0.25) is 0 Å². The standard InChI is InChI=1S/C14H18FN3/c1-14(2,3)13-17-11(12(16)18(13)4)9-5-7-10(15)8-6-9/h5-8H,16H2,1-4H3. The Morgan fingerprint density at radius 3 is 2.17 bits per heavy atom. The molecule has 0 aliphatic heterocycles. The summed E-state index contributed by atoms with van der Waals surface area (Å²) in [6.45, 7) is 6.26. The predicted molar refractivity (Wildman–Crippen MR) is 71.7 cm³/mol. The first-order valence-corrected chi connectivity index (χ1v) is 5.89. The van der Waals surface area contributed by atoms with Crippen molar-refractivity contribution in [3.8, 4) is 11.3 Å². The Morgan fingerprint density at radius 1 is 1.17 bits per heavy atom. The molecule has 2 rings (SSSR count). The summed E-state index contributed by atoms with van der Waals surface area (Å²) in [4.78, 5) is 4.60.